The molecule has 4 N–H and O–H groups in total. The van der Waals surface area contributed by atoms with Crippen LogP contribution in [0.4, 0.5) is 4.39 Å². The third-order valence-corrected chi connectivity index (χ3v) is 4.25. The third kappa shape index (κ3) is 4.40. The maximum atomic E-state index is 13.5. The average molecular weight is 336 g/mol. The van der Waals surface area contributed by atoms with Crippen LogP contribution in [-0.2, 0) is 9.59 Å². The fourth-order valence-corrected chi connectivity index (χ4v) is 3.27. The van der Waals surface area contributed by atoms with E-state index >= 15 is 0 Å². The van der Waals surface area contributed by atoms with Gasteiger partial charge in [0.25, 0.3) is 5.91 Å². The number of thioether (sulfide) groups is 1. The maximum Gasteiger partial charge on any atom is 0.257 e. The number of nitrogens with one attached hydrogen (secondary N) is 2. The molecule has 1 unspecified atom stereocenters. The summed E-state index contributed by atoms with van der Waals surface area (Å²) in [5.41, 5.74) is 3.48. The molecule has 2 amide bonds. The van der Waals surface area contributed by atoms with Crippen LogP contribution in [0.25, 0.3) is 10.9 Å². The summed E-state index contributed by atoms with van der Waals surface area (Å²) < 4.78 is 13.5. The van der Waals surface area contributed by atoms with Crippen LogP contribution in [0.1, 0.15) is 12.6 Å². The Labute approximate surface area is 137 Å². The molecule has 0 bridgehead atoms. The van der Waals surface area contributed by atoms with Crippen LogP contribution in [0.15, 0.2) is 29.2 Å². The van der Waals surface area contributed by atoms with Crippen molar-refractivity contribution in [2.75, 3.05) is 5.75 Å². The van der Waals surface area contributed by atoms with E-state index < -0.39 is 11.9 Å². The van der Waals surface area contributed by atoms with E-state index in [9.17, 15) is 14.0 Å². The molecule has 0 spiro atoms. The predicted octanol–water partition coefficient (Wildman–Crippen LogP) is 1.27. The standard InChI is InChI=1S/C15H17FN4O2S/c1-8-5-14(11-6-10(16)3-4-12(11)18-8)23-7-13(15(22)20-17)19-9(2)21/h3-6,13H,7,17H2,1-2H3,(H,19,21)(H,20,22). The number of aromatic nitrogens is 1. The Morgan fingerprint density at radius 3 is 2.78 bits per heavy atom. The highest BCUT2D eigenvalue weighted by atomic mass is 32.2. The van der Waals surface area contributed by atoms with Crippen LogP contribution in [0.2, 0.25) is 0 Å². The van der Waals surface area contributed by atoms with Crippen LogP contribution >= 0.6 is 11.8 Å². The van der Waals surface area contributed by atoms with Gasteiger partial charge in [0.15, 0.2) is 0 Å². The Balaban J connectivity index is 2.27. The normalized spacial score (nSPS) is 12.0. The number of hydrogen-bond acceptors (Lipinski definition) is 5. The van der Waals surface area contributed by atoms with Gasteiger partial charge in [0.05, 0.1) is 5.52 Å². The van der Waals surface area contributed by atoms with Gasteiger partial charge in [-0.15, -0.1) is 11.8 Å². The Morgan fingerprint density at radius 2 is 2.13 bits per heavy atom. The van der Waals surface area contributed by atoms with E-state index in [-0.39, 0.29) is 17.5 Å². The van der Waals surface area contributed by atoms with Crippen molar-refractivity contribution in [1.29, 1.82) is 0 Å². The highest BCUT2D eigenvalue weighted by Gasteiger charge is 2.19. The molecule has 1 aromatic carbocycles. The molecule has 0 saturated carbocycles. The summed E-state index contributed by atoms with van der Waals surface area (Å²) in [6, 6.07) is 5.41. The molecule has 1 aromatic heterocycles. The number of carbonyl (C=O) groups is 2. The Bertz CT molecular complexity index is 754. The van der Waals surface area contributed by atoms with Crippen LogP contribution < -0.4 is 16.6 Å². The summed E-state index contributed by atoms with van der Waals surface area (Å²) in [4.78, 5) is 28.1. The molecule has 0 fully saturated rings. The van der Waals surface area contributed by atoms with Gasteiger partial charge in [-0.2, -0.15) is 0 Å². The van der Waals surface area contributed by atoms with Gasteiger partial charge in [0, 0.05) is 28.7 Å². The van der Waals surface area contributed by atoms with Gasteiger partial charge in [0.1, 0.15) is 11.9 Å². The number of rotatable bonds is 5. The lowest BCUT2D eigenvalue weighted by atomic mass is 10.2. The zero-order valence-electron chi connectivity index (χ0n) is 12.7. The number of benzene rings is 1. The first-order chi connectivity index (χ1) is 10.9. The minimum atomic E-state index is -0.778. The molecule has 2 rings (SSSR count). The van der Waals surface area contributed by atoms with Crippen molar-refractivity contribution in [1.82, 2.24) is 15.7 Å². The molecule has 0 aliphatic rings. The van der Waals surface area contributed by atoms with Crippen molar-refractivity contribution >= 4 is 34.5 Å². The van der Waals surface area contributed by atoms with Crippen LogP contribution in [-0.4, -0.2) is 28.6 Å². The average Bonchev–Trinajstić information content (AvgIpc) is 2.50. The lowest BCUT2D eigenvalue weighted by Gasteiger charge is -2.16. The van der Waals surface area contributed by atoms with E-state index in [0.717, 1.165) is 10.6 Å². The summed E-state index contributed by atoms with van der Waals surface area (Å²) in [6.45, 7) is 3.16. The van der Waals surface area contributed by atoms with Crippen molar-refractivity contribution in [2.45, 2.75) is 24.8 Å². The topological polar surface area (TPSA) is 97.1 Å². The number of hydrazine groups is 1. The molecule has 2 aromatic rings. The van der Waals surface area contributed by atoms with E-state index in [1.165, 1.54) is 30.8 Å². The van der Waals surface area contributed by atoms with Crippen molar-refractivity contribution in [3.05, 3.63) is 35.8 Å². The van der Waals surface area contributed by atoms with E-state index in [0.29, 0.717) is 10.9 Å². The number of nitrogens with zero attached hydrogens (tertiary/aromatic N) is 1. The second kappa shape index (κ2) is 7.38. The summed E-state index contributed by atoms with van der Waals surface area (Å²) in [5, 5.41) is 3.20. The molecule has 0 aliphatic carbocycles. The van der Waals surface area contributed by atoms with Gasteiger partial charge in [0.2, 0.25) is 5.91 Å². The quantitative estimate of drug-likeness (QED) is 0.331. The van der Waals surface area contributed by atoms with E-state index in [4.69, 9.17) is 5.84 Å². The molecule has 23 heavy (non-hydrogen) atoms. The molecular formula is C15H17FN4O2S. The maximum absolute atomic E-state index is 13.5. The summed E-state index contributed by atoms with van der Waals surface area (Å²) >= 11 is 1.33. The Morgan fingerprint density at radius 1 is 1.39 bits per heavy atom. The smallest absolute Gasteiger partial charge is 0.257 e. The third-order valence-electron chi connectivity index (χ3n) is 3.10. The first-order valence-electron chi connectivity index (χ1n) is 6.88. The minimum Gasteiger partial charge on any atom is -0.344 e. The molecule has 0 aliphatic heterocycles. The van der Waals surface area contributed by atoms with E-state index in [1.54, 1.807) is 6.07 Å². The monoisotopic (exact) mass is 336 g/mol. The van der Waals surface area contributed by atoms with E-state index in [1.807, 2.05) is 18.4 Å². The highest BCUT2D eigenvalue weighted by molar-refractivity contribution is 7.99. The largest absolute Gasteiger partial charge is 0.344 e. The minimum absolute atomic E-state index is 0.262. The predicted molar refractivity (Wildman–Crippen MR) is 87.1 cm³/mol. The van der Waals surface area contributed by atoms with Gasteiger partial charge in [-0.3, -0.25) is 20.0 Å². The van der Waals surface area contributed by atoms with Crippen molar-refractivity contribution < 1.29 is 14.0 Å². The molecule has 8 heteroatoms. The van der Waals surface area contributed by atoms with Gasteiger partial charge in [-0.1, -0.05) is 0 Å². The summed E-state index contributed by atoms with van der Waals surface area (Å²) in [6.07, 6.45) is 0. The molecule has 0 saturated heterocycles. The first kappa shape index (κ1) is 17.2. The Kier molecular flexibility index (Phi) is 5.51. The van der Waals surface area contributed by atoms with Crippen LogP contribution in [0.3, 0.4) is 0 Å². The van der Waals surface area contributed by atoms with Crippen molar-refractivity contribution in [3.63, 3.8) is 0 Å². The summed E-state index contributed by atoms with van der Waals surface area (Å²) in [7, 11) is 0. The second-order valence-corrected chi connectivity index (χ2v) is 6.06. The SMILES string of the molecule is CC(=O)NC(CSc1cc(C)nc2ccc(F)cc12)C(=O)NN. The summed E-state index contributed by atoms with van der Waals surface area (Å²) in [5.74, 6) is 4.21. The Hall–Kier alpha value is -2.19. The molecular weight excluding hydrogens is 319 g/mol. The number of fused-ring (bicyclic) bond motifs is 1. The van der Waals surface area contributed by atoms with Crippen molar-refractivity contribution in [2.24, 2.45) is 5.84 Å². The fraction of sp³-hybridized carbons (Fsp3) is 0.267. The van der Waals surface area contributed by atoms with Gasteiger partial charge in [-0.25, -0.2) is 10.2 Å². The number of halogens is 1. The van der Waals surface area contributed by atoms with Gasteiger partial charge in [-0.05, 0) is 31.2 Å². The van der Waals surface area contributed by atoms with Gasteiger partial charge < -0.3 is 5.32 Å². The zero-order valence-corrected chi connectivity index (χ0v) is 13.5. The lowest BCUT2D eigenvalue weighted by molar-refractivity contribution is -0.127. The molecule has 122 valence electrons. The molecule has 0 radical (unpaired) electrons. The van der Waals surface area contributed by atoms with Crippen LogP contribution in [0.5, 0.6) is 0 Å². The van der Waals surface area contributed by atoms with E-state index in [2.05, 4.69) is 10.3 Å². The second-order valence-electron chi connectivity index (χ2n) is 5.00. The first-order valence-corrected chi connectivity index (χ1v) is 7.86. The number of aryl methyl sites for hydroxylation is 1. The number of hydrogen-bond donors (Lipinski definition) is 3. The lowest BCUT2D eigenvalue weighted by Crippen LogP contribution is -2.49. The van der Waals surface area contributed by atoms with Crippen LogP contribution in [0, 0.1) is 12.7 Å². The molecule has 6 nitrogen and oxygen atoms in total. The van der Waals surface area contributed by atoms with Crippen molar-refractivity contribution in [3.8, 4) is 0 Å². The number of carbonyl (C=O) groups excluding carboxylic acids is 2. The number of pyridine rings is 1. The van der Waals surface area contributed by atoms with Gasteiger partial charge >= 0.3 is 0 Å². The molecule has 1 atom stereocenters. The molecule has 1 heterocycles. The zero-order chi connectivity index (χ0) is 17.0. The fourth-order valence-electron chi connectivity index (χ4n) is 2.11. The number of nitrogens with two attached hydrogens (primary N) is 1. The number of amides is 2. The highest BCUT2D eigenvalue weighted by Crippen LogP contribution is 2.29.